The van der Waals surface area contributed by atoms with Gasteiger partial charge < -0.3 is 16.0 Å². The molecule has 0 saturated carbocycles. The molecule has 0 aliphatic rings. The van der Waals surface area contributed by atoms with Crippen molar-refractivity contribution in [3.05, 3.63) is 53.1 Å². The zero-order chi connectivity index (χ0) is 14.7. The van der Waals surface area contributed by atoms with Crippen LogP contribution in [-0.4, -0.2) is 20.0 Å². The smallest absolute Gasteiger partial charge is 0.255 e. The molecule has 2 aromatic carbocycles. The highest BCUT2D eigenvalue weighted by Gasteiger charge is 2.08. The van der Waals surface area contributed by atoms with Crippen LogP contribution in [0.15, 0.2) is 42.5 Å². The van der Waals surface area contributed by atoms with Gasteiger partial charge in [0.1, 0.15) is 0 Å². The first kappa shape index (κ1) is 14.2. The Morgan fingerprint density at radius 1 is 1.15 bits per heavy atom. The van der Waals surface area contributed by atoms with Crippen molar-refractivity contribution in [3.63, 3.8) is 0 Å². The van der Waals surface area contributed by atoms with Gasteiger partial charge in [-0.15, -0.1) is 0 Å². The Balaban J connectivity index is 2.16. The van der Waals surface area contributed by atoms with Crippen molar-refractivity contribution >= 4 is 34.6 Å². The molecule has 0 aromatic heterocycles. The summed E-state index contributed by atoms with van der Waals surface area (Å²) in [6.07, 6.45) is 0. The highest BCUT2D eigenvalue weighted by Crippen LogP contribution is 2.25. The zero-order valence-electron chi connectivity index (χ0n) is 11.4. The Bertz CT molecular complexity index is 624. The minimum absolute atomic E-state index is 0.196. The first-order chi connectivity index (χ1) is 9.47. The molecular weight excluding hydrogens is 274 g/mol. The number of anilines is 3. The Labute approximate surface area is 123 Å². The summed E-state index contributed by atoms with van der Waals surface area (Å²) in [6.45, 7) is 0. The molecule has 0 radical (unpaired) electrons. The van der Waals surface area contributed by atoms with Crippen molar-refractivity contribution < 1.29 is 4.79 Å². The van der Waals surface area contributed by atoms with Gasteiger partial charge in [0.05, 0.1) is 11.4 Å². The maximum Gasteiger partial charge on any atom is 0.255 e. The number of benzene rings is 2. The maximum absolute atomic E-state index is 12.1. The third kappa shape index (κ3) is 3.22. The summed E-state index contributed by atoms with van der Waals surface area (Å²) in [4.78, 5) is 14.0. The molecule has 0 fully saturated rings. The number of halogens is 1. The number of carbonyl (C=O) groups is 1. The van der Waals surface area contributed by atoms with Gasteiger partial charge in [0.15, 0.2) is 0 Å². The molecule has 3 N–H and O–H groups in total. The summed E-state index contributed by atoms with van der Waals surface area (Å²) in [6, 6.07) is 12.1. The average molecular weight is 290 g/mol. The van der Waals surface area contributed by atoms with E-state index in [0.717, 1.165) is 5.69 Å². The third-order valence-corrected chi connectivity index (χ3v) is 3.13. The second-order valence-electron chi connectivity index (χ2n) is 4.63. The fraction of sp³-hybridized carbons (Fsp3) is 0.133. The van der Waals surface area contributed by atoms with Gasteiger partial charge in [0, 0.05) is 30.4 Å². The summed E-state index contributed by atoms with van der Waals surface area (Å²) in [5.41, 5.74) is 8.68. The topological polar surface area (TPSA) is 58.4 Å². The van der Waals surface area contributed by atoms with Crippen molar-refractivity contribution in [2.45, 2.75) is 0 Å². The van der Waals surface area contributed by atoms with Gasteiger partial charge in [0.2, 0.25) is 0 Å². The summed E-state index contributed by atoms with van der Waals surface area (Å²) in [7, 11) is 3.83. The molecule has 20 heavy (non-hydrogen) atoms. The highest BCUT2D eigenvalue weighted by molar-refractivity contribution is 6.30. The largest absolute Gasteiger partial charge is 0.397 e. The lowest BCUT2D eigenvalue weighted by molar-refractivity contribution is 0.102. The van der Waals surface area contributed by atoms with Crippen LogP contribution in [0.25, 0.3) is 0 Å². The van der Waals surface area contributed by atoms with Gasteiger partial charge in [-0.1, -0.05) is 11.6 Å². The number of hydrogen-bond acceptors (Lipinski definition) is 3. The van der Waals surface area contributed by atoms with Crippen molar-refractivity contribution in [1.29, 1.82) is 0 Å². The second kappa shape index (κ2) is 5.84. The molecule has 0 heterocycles. The molecule has 0 spiro atoms. The fourth-order valence-electron chi connectivity index (χ4n) is 1.84. The van der Waals surface area contributed by atoms with Crippen molar-refractivity contribution in [1.82, 2.24) is 0 Å². The number of hydrogen-bond donors (Lipinski definition) is 2. The number of nitrogens with zero attached hydrogens (tertiary/aromatic N) is 1. The molecule has 2 rings (SSSR count). The number of carbonyl (C=O) groups excluding carboxylic acids is 1. The van der Waals surface area contributed by atoms with Gasteiger partial charge in [-0.3, -0.25) is 4.79 Å². The van der Waals surface area contributed by atoms with E-state index >= 15 is 0 Å². The van der Waals surface area contributed by atoms with Crippen molar-refractivity contribution in [3.8, 4) is 0 Å². The van der Waals surface area contributed by atoms with Gasteiger partial charge in [-0.05, 0) is 42.5 Å². The molecule has 1 amide bonds. The summed E-state index contributed by atoms with van der Waals surface area (Å²) >= 11 is 5.79. The van der Waals surface area contributed by atoms with E-state index in [2.05, 4.69) is 5.32 Å². The highest BCUT2D eigenvalue weighted by atomic mass is 35.5. The van der Waals surface area contributed by atoms with Crippen LogP contribution in [0.4, 0.5) is 17.1 Å². The van der Waals surface area contributed by atoms with Gasteiger partial charge >= 0.3 is 0 Å². The molecular formula is C15H16ClN3O. The molecule has 0 saturated heterocycles. The molecule has 0 bridgehead atoms. The predicted molar refractivity (Wildman–Crippen MR) is 84.6 cm³/mol. The maximum atomic E-state index is 12.1. The van der Waals surface area contributed by atoms with E-state index in [-0.39, 0.29) is 5.91 Å². The third-order valence-electron chi connectivity index (χ3n) is 2.87. The first-order valence-corrected chi connectivity index (χ1v) is 6.49. The van der Waals surface area contributed by atoms with Crippen LogP contribution in [-0.2, 0) is 0 Å². The minimum Gasteiger partial charge on any atom is -0.397 e. The average Bonchev–Trinajstić information content (AvgIpc) is 2.39. The molecule has 4 nitrogen and oxygen atoms in total. The fourth-order valence-corrected chi connectivity index (χ4v) is 1.97. The normalized spacial score (nSPS) is 10.2. The summed E-state index contributed by atoms with van der Waals surface area (Å²) < 4.78 is 0. The molecule has 0 atom stereocenters. The van der Waals surface area contributed by atoms with Crippen molar-refractivity contribution in [2.24, 2.45) is 0 Å². The van der Waals surface area contributed by atoms with E-state index in [9.17, 15) is 4.79 Å². The lowest BCUT2D eigenvalue weighted by atomic mass is 10.2. The van der Waals surface area contributed by atoms with Crippen LogP contribution >= 0.6 is 11.6 Å². The quantitative estimate of drug-likeness (QED) is 0.853. The van der Waals surface area contributed by atoms with Crippen molar-refractivity contribution in [2.75, 3.05) is 30.0 Å². The lowest BCUT2D eigenvalue weighted by Gasteiger charge is -2.16. The van der Waals surface area contributed by atoms with E-state index in [1.54, 1.807) is 30.3 Å². The molecule has 104 valence electrons. The standard InChI is InChI=1S/C15H16ClN3O/c1-19(2)14-8-7-12(9-13(14)17)18-15(20)10-3-5-11(16)6-4-10/h3-9H,17H2,1-2H3,(H,18,20). The second-order valence-corrected chi connectivity index (χ2v) is 5.07. The first-order valence-electron chi connectivity index (χ1n) is 6.11. The zero-order valence-corrected chi connectivity index (χ0v) is 12.1. The van der Waals surface area contributed by atoms with E-state index in [1.165, 1.54) is 0 Å². The van der Waals surface area contributed by atoms with Crippen LogP contribution in [0.2, 0.25) is 5.02 Å². The van der Waals surface area contributed by atoms with Crippen LogP contribution < -0.4 is 16.0 Å². The van der Waals surface area contributed by atoms with E-state index in [1.807, 2.05) is 31.1 Å². The Morgan fingerprint density at radius 2 is 1.80 bits per heavy atom. The lowest BCUT2D eigenvalue weighted by Crippen LogP contribution is -2.14. The molecule has 0 aliphatic carbocycles. The number of rotatable bonds is 3. The number of nitrogens with two attached hydrogens (primary N) is 1. The summed E-state index contributed by atoms with van der Waals surface area (Å²) in [5, 5.41) is 3.40. The van der Waals surface area contributed by atoms with Gasteiger partial charge in [-0.2, -0.15) is 0 Å². The molecule has 0 aliphatic heterocycles. The summed E-state index contributed by atoms with van der Waals surface area (Å²) in [5.74, 6) is -0.196. The number of amides is 1. The van der Waals surface area contributed by atoms with E-state index in [0.29, 0.717) is 22.0 Å². The van der Waals surface area contributed by atoms with Gasteiger partial charge in [0.25, 0.3) is 5.91 Å². The van der Waals surface area contributed by atoms with E-state index in [4.69, 9.17) is 17.3 Å². The van der Waals surface area contributed by atoms with Crippen LogP contribution in [0.1, 0.15) is 10.4 Å². The Hall–Kier alpha value is -2.20. The Morgan fingerprint density at radius 3 is 2.35 bits per heavy atom. The SMILES string of the molecule is CN(C)c1ccc(NC(=O)c2ccc(Cl)cc2)cc1N. The molecule has 2 aromatic rings. The monoisotopic (exact) mass is 289 g/mol. The van der Waals surface area contributed by atoms with Gasteiger partial charge in [-0.25, -0.2) is 0 Å². The van der Waals surface area contributed by atoms with Crippen LogP contribution in [0.3, 0.4) is 0 Å². The molecule has 5 heteroatoms. The molecule has 0 unspecified atom stereocenters. The predicted octanol–water partition coefficient (Wildman–Crippen LogP) is 3.24. The van der Waals surface area contributed by atoms with E-state index < -0.39 is 0 Å². The Kier molecular flexibility index (Phi) is 4.15. The minimum atomic E-state index is -0.196. The number of nitrogen functional groups attached to an aromatic ring is 1. The van der Waals surface area contributed by atoms with Crippen LogP contribution in [0.5, 0.6) is 0 Å². The number of nitrogens with one attached hydrogen (secondary N) is 1. The van der Waals surface area contributed by atoms with Crippen LogP contribution in [0, 0.1) is 0 Å².